The average Bonchev–Trinajstić information content (AvgIpc) is 3.18. The Kier molecular flexibility index (Phi) is 4.65. The van der Waals surface area contributed by atoms with Gasteiger partial charge in [0.25, 0.3) is 5.56 Å². The van der Waals surface area contributed by atoms with Crippen LogP contribution in [-0.4, -0.2) is 26.8 Å². The highest BCUT2D eigenvalue weighted by Gasteiger charge is 2.13. The van der Waals surface area contributed by atoms with E-state index >= 15 is 0 Å². The first kappa shape index (κ1) is 17.9. The minimum Gasteiger partial charge on any atom is -0.497 e. The number of hydrogen-bond acceptors (Lipinski definition) is 4. The number of pyridine rings is 1. The van der Waals surface area contributed by atoms with E-state index in [9.17, 15) is 14.0 Å². The van der Waals surface area contributed by atoms with Crippen molar-refractivity contribution in [3.8, 4) is 5.75 Å². The lowest BCUT2D eigenvalue weighted by Gasteiger charge is -2.12. The Hall–Kier alpha value is -3.48. The van der Waals surface area contributed by atoms with Gasteiger partial charge in [0.1, 0.15) is 22.9 Å². The van der Waals surface area contributed by atoms with Crippen molar-refractivity contribution in [1.82, 2.24) is 14.0 Å². The fourth-order valence-electron chi connectivity index (χ4n) is 3.36. The monoisotopic (exact) mass is 379 g/mol. The Morgan fingerprint density at radius 1 is 1.14 bits per heavy atom. The van der Waals surface area contributed by atoms with Gasteiger partial charge >= 0.3 is 0 Å². The van der Waals surface area contributed by atoms with E-state index in [0.29, 0.717) is 28.0 Å². The first-order valence-corrected chi connectivity index (χ1v) is 8.86. The molecule has 0 unspecified atom stereocenters. The van der Waals surface area contributed by atoms with Crippen LogP contribution < -0.4 is 10.3 Å². The zero-order valence-electron chi connectivity index (χ0n) is 15.3. The van der Waals surface area contributed by atoms with Gasteiger partial charge in [-0.25, -0.2) is 4.39 Å². The van der Waals surface area contributed by atoms with E-state index in [2.05, 4.69) is 4.98 Å². The molecule has 142 valence electrons. The number of benzene rings is 1. The van der Waals surface area contributed by atoms with Crippen molar-refractivity contribution >= 4 is 22.3 Å². The molecule has 0 atom stereocenters. The summed E-state index contributed by atoms with van der Waals surface area (Å²) in [5.41, 5.74) is 2.01. The lowest BCUT2D eigenvalue weighted by molar-refractivity contribution is -0.118. The fraction of sp³-hybridized carbons (Fsp3) is 0.190. The van der Waals surface area contributed by atoms with Gasteiger partial charge in [-0.1, -0.05) is 0 Å². The van der Waals surface area contributed by atoms with Crippen LogP contribution in [0, 0.1) is 5.82 Å². The van der Waals surface area contributed by atoms with Crippen molar-refractivity contribution in [3.05, 3.63) is 76.7 Å². The number of carbonyl (C=O) groups excluding carboxylic acids is 1. The molecule has 4 rings (SSSR count). The van der Waals surface area contributed by atoms with Crippen molar-refractivity contribution < 1.29 is 13.9 Å². The number of methoxy groups -OCH3 is 1. The molecule has 0 saturated heterocycles. The van der Waals surface area contributed by atoms with E-state index in [1.807, 2.05) is 0 Å². The summed E-state index contributed by atoms with van der Waals surface area (Å²) in [5.74, 6) is 0.140. The van der Waals surface area contributed by atoms with E-state index < -0.39 is 5.82 Å². The van der Waals surface area contributed by atoms with Crippen molar-refractivity contribution in [2.45, 2.75) is 19.4 Å². The van der Waals surface area contributed by atoms with Crippen molar-refractivity contribution in [3.63, 3.8) is 0 Å². The van der Waals surface area contributed by atoms with Crippen LogP contribution in [0.4, 0.5) is 4.39 Å². The van der Waals surface area contributed by atoms with Gasteiger partial charge in [-0.15, -0.1) is 0 Å². The summed E-state index contributed by atoms with van der Waals surface area (Å²) < 4.78 is 22.2. The number of Topliss-reactive ketones (excluding diaryl/α,β-unsaturated/α-hetero) is 1. The second kappa shape index (κ2) is 7.26. The Bertz CT molecular complexity index is 1240. The predicted octanol–water partition coefficient (Wildman–Crippen LogP) is 3.00. The molecule has 0 aliphatic heterocycles. The molecule has 1 aromatic carbocycles. The number of fused-ring (bicyclic) bond motifs is 3. The molecule has 0 radical (unpaired) electrons. The lowest BCUT2D eigenvalue weighted by Crippen LogP contribution is -2.24. The third-order valence-electron chi connectivity index (χ3n) is 4.72. The maximum atomic E-state index is 13.8. The van der Waals surface area contributed by atoms with E-state index in [1.54, 1.807) is 54.2 Å². The van der Waals surface area contributed by atoms with Crippen LogP contribution in [-0.2, 0) is 17.8 Å². The molecule has 0 N–H and O–H groups in total. The minimum atomic E-state index is -0.431. The number of hydrogen-bond donors (Lipinski definition) is 0. The molecule has 0 bridgehead atoms. The molecule has 0 aliphatic carbocycles. The van der Waals surface area contributed by atoms with Gasteiger partial charge in [0, 0.05) is 37.8 Å². The smallest absolute Gasteiger partial charge is 0.275 e. The van der Waals surface area contributed by atoms with Crippen molar-refractivity contribution in [1.29, 1.82) is 0 Å². The third kappa shape index (κ3) is 3.26. The highest BCUT2D eigenvalue weighted by molar-refractivity contribution is 5.82. The number of nitrogens with zero attached hydrogens (tertiary/aromatic N) is 3. The maximum absolute atomic E-state index is 13.8. The minimum absolute atomic E-state index is 0.0625. The summed E-state index contributed by atoms with van der Waals surface area (Å²) in [4.78, 5) is 29.5. The number of rotatable bonds is 6. The molecule has 6 nitrogen and oxygen atoms in total. The van der Waals surface area contributed by atoms with E-state index in [0.717, 1.165) is 0 Å². The Morgan fingerprint density at radius 3 is 2.82 bits per heavy atom. The van der Waals surface area contributed by atoms with E-state index in [4.69, 9.17) is 4.74 Å². The molecule has 3 heterocycles. The molecule has 3 aromatic heterocycles. The molecular formula is C21H18FN3O3. The topological polar surface area (TPSA) is 65.6 Å². The summed E-state index contributed by atoms with van der Waals surface area (Å²) in [6.07, 6.45) is 3.64. The number of halogens is 1. The number of aryl methyl sites for hydroxylation is 1. The quantitative estimate of drug-likeness (QED) is 0.517. The Balaban J connectivity index is 1.63. The molecule has 0 fully saturated rings. The molecule has 0 saturated carbocycles. The molecule has 0 amide bonds. The Labute approximate surface area is 159 Å². The van der Waals surface area contributed by atoms with E-state index in [1.165, 1.54) is 16.7 Å². The van der Waals surface area contributed by atoms with Crippen LogP contribution in [0.25, 0.3) is 16.6 Å². The predicted molar refractivity (Wildman–Crippen MR) is 103 cm³/mol. The lowest BCUT2D eigenvalue weighted by atomic mass is 10.1. The molecule has 28 heavy (non-hydrogen) atoms. The zero-order chi connectivity index (χ0) is 19.7. The third-order valence-corrected chi connectivity index (χ3v) is 4.72. The average molecular weight is 379 g/mol. The summed E-state index contributed by atoms with van der Waals surface area (Å²) in [5, 5.41) is 0. The first-order valence-electron chi connectivity index (χ1n) is 8.86. The molecule has 4 aromatic rings. The molecule has 7 heteroatoms. The second-order valence-corrected chi connectivity index (χ2v) is 6.51. The normalized spacial score (nSPS) is 11.2. The summed E-state index contributed by atoms with van der Waals surface area (Å²) in [6.45, 7) is 0.170. The van der Waals surface area contributed by atoms with E-state index in [-0.39, 0.29) is 30.7 Å². The first-order chi connectivity index (χ1) is 13.6. The molecular weight excluding hydrogens is 361 g/mol. The zero-order valence-corrected chi connectivity index (χ0v) is 15.3. The largest absolute Gasteiger partial charge is 0.497 e. The summed E-state index contributed by atoms with van der Waals surface area (Å²) in [7, 11) is 1.55. The summed E-state index contributed by atoms with van der Waals surface area (Å²) in [6, 6.07) is 11.2. The van der Waals surface area contributed by atoms with Gasteiger partial charge in [0.15, 0.2) is 0 Å². The van der Waals surface area contributed by atoms with Gasteiger partial charge in [-0.3, -0.25) is 14.6 Å². The van der Waals surface area contributed by atoms with Crippen LogP contribution in [0.1, 0.15) is 12.1 Å². The summed E-state index contributed by atoms with van der Waals surface area (Å²) >= 11 is 0. The van der Waals surface area contributed by atoms with Gasteiger partial charge in [0.05, 0.1) is 23.8 Å². The standard InChI is InChI=1S/C21H18FN3O3/c1-28-17-6-8-23-15(13-17)12-16(26)7-10-25-20-11-14(22)4-5-18(20)24-9-2-3-19(24)21(25)27/h2-6,8-9,11,13H,7,10,12H2,1H3. The van der Waals surface area contributed by atoms with Crippen LogP contribution in [0.5, 0.6) is 5.75 Å². The molecule has 0 spiro atoms. The number of carbonyl (C=O) groups is 1. The van der Waals surface area contributed by atoms with Crippen LogP contribution >= 0.6 is 0 Å². The van der Waals surface area contributed by atoms with Gasteiger partial charge in [0.2, 0.25) is 0 Å². The molecule has 0 aliphatic rings. The van der Waals surface area contributed by atoms with Crippen molar-refractivity contribution in [2.75, 3.05) is 7.11 Å². The number of ether oxygens (including phenoxy) is 1. The van der Waals surface area contributed by atoms with Crippen molar-refractivity contribution in [2.24, 2.45) is 0 Å². The second-order valence-electron chi connectivity index (χ2n) is 6.51. The van der Waals surface area contributed by atoms with Gasteiger partial charge < -0.3 is 13.7 Å². The highest BCUT2D eigenvalue weighted by Crippen LogP contribution is 2.17. The maximum Gasteiger partial charge on any atom is 0.275 e. The van der Waals surface area contributed by atoms with Gasteiger partial charge in [-0.05, 0) is 36.4 Å². The fourth-order valence-corrected chi connectivity index (χ4v) is 3.36. The number of ketones is 1. The van der Waals surface area contributed by atoms with Crippen LogP contribution in [0.2, 0.25) is 0 Å². The van der Waals surface area contributed by atoms with Crippen LogP contribution in [0.15, 0.2) is 59.7 Å². The van der Waals surface area contributed by atoms with Gasteiger partial charge in [-0.2, -0.15) is 0 Å². The number of aromatic nitrogens is 3. The van der Waals surface area contributed by atoms with Crippen LogP contribution in [0.3, 0.4) is 0 Å². The SMILES string of the molecule is COc1ccnc(CC(=O)CCn2c(=O)c3cccn3c3ccc(F)cc32)c1. The highest BCUT2D eigenvalue weighted by atomic mass is 19.1. The Morgan fingerprint density at radius 2 is 2.00 bits per heavy atom.